The third-order valence-corrected chi connectivity index (χ3v) is 7.60. The SMILES string of the molecule is COC(=O)C1CCCCC1S(=O)(=O)N1CCNCC1c1cccnc1.Cl. The highest BCUT2D eigenvalue weighted by atomic mass is 35.5. The molecular weight excluding hydrogens is 378 g/mol. The minimum absolute atomic E-state index is 0. The van der Waals surface area contributed by atoms with Crippen LogP contribution < -0.4 is 5.32 Å². The molecule has 1 saturated carbocycles. The van der Waals surface area contributed by atoms with Crippen molar-refractivity contribution in [3.05, 3.63) is 30.1 Å². The zero-order valence-electron chi connectivity index (χ0n) is 14.8. The first-order valence-corrected chi connectivity index (χ1v) is 10.2. The zero-order chi connectivity index (χ0) is 17.9. The summed E-state index contributed by atoms with van der Waals surface area (Å²) in [7, 11) is -2.30. The van der Waals surface area contributed by atoms with Gasteiger partial charge in [0.1, 0.15) is 0 Å². The second-order valence-corrected chi connectivity index (χ2v) is 8.72. The molecule has 1 aromatic heterocycles. The number of piperazine rings is 1. The first-order chi connectivity index (χ1) is 12.1. The van der Waals surface area contributed by atoms with E-state index in [2.05, 4.69) is 10.3 Å². The number of pyridine rings is 1. The van der Waals surface area contributed by atoms with Crippen LogP contribution in [-0.4, -0.2) is 55.7 Å². The molecule has 7 nitrogen and oxygen atoms in total. The van der Waals surface area contributed by atoms with E-state index < -0.39 is 27.2 Å². The van der Waals surface area contributed by atoms with Crippen LogP contribution >= 0.6 is 12.4 Å². The van der Waals surface area contributed by atoms with Crippen molar-refractivity contribution < 1.29 is 17.9 Å². The summed E-state index contributed by atoms with van der Waals surface area (Å²) in [5, 5.41) is 2.56. The van der Waals surface area contributed by atoms with Crippen molar-refractivity contribution in [1.82, 2.24) is 14.6 Å². The van der Waals surface area contributed by atoms with E-state index in [0.717, 1.165) is 18.4 Å². The van der Waals surface area contributed by atoms with E-state index in [9.17, 15) is 13.2 Å². The van der Waals surface area contributed by atoms with Crippen molar-refractivity contribution in [1.29, 1.82) is 0 Å². The Morgan fingerprint density at radius 1 is 1.35 bits per heavy atom. The normalized spacial score (nSPS) is 27.3. The standard InChI is InChI=1S/C17H25N3O4S.ClH/c1-24-17(21)14-6-2-3-7-16(14)25(22,23)20-10-9-19-12-15(20)13-5-4-8-18-11-13;/h4-5,8,11,14-16,19H,2-3,6-7,9-10,12H2,1H3;1H. The minimum Gasteiger partial charge on any atom is -0.469 e. The Morgan fingerprint density at radius 3 is 2.81 bits per heavy atom. The Kier molecular flexibility index (Phi) is 7.40. The molecule has 2 aliphatic rings. The summed E-state index contributed by atoms with van der Waals surface area (Å²) in [4.78, 5) is 16.3. The molecule has 3 unspecified atom stereocenters. The van der Waals surface area contributed by atoms with E-state index >= 15 is 0 Å². The summed E-state index contributed by atoms with van der Waals surface area (Å²) in [5.41, 5.74) is 0.865. The van der Waals surface area contributed by atoms with E-state index in [-0.39, 0.29) is 18.4 Å². The number of ether oxygens (including phenoxy) is 1. The van der Waals surface area contributed by atoms with Crippen molar-refractivity contribution in [3.63, 3.8) is 0 Å². The molecule has 1 aliphatic heterocycles. The van der Waals surface area contributed by atoms with Gasteiger partial charge in [0, 0.05) is 32.0 Å². The highest BCUT2D eigenvalue weighted by Gasteiger charge is 2.45. The summed E-state index contributed by atoms with van der Waals surface area (Å²) in [5.74, 6) is -0.991. The van der Waals surface area contributed by atoms with Gasteiger partial charge < -0.3 is 10.1 Å². The van der Waals surface area contributed by atoms with E-state index in [1.165, 1.54) is 7.11 Å². The lowest BCUT2D eigenvalue weighted by Crippen LogP contribution is -2.53. The summed E-state index contributed by atoms with van der Waals surface area (Å²) in [6, 6.07) is 3.41. The van der Waals surface area contributed by atoms with Gasteiger partial charge in [-0.15, -0.1) is 12.4 Å². The van der Waals surface area contributed by atoms with Gasteiger partial charge in [-0.25, -0.2) is 8.42 Å². The summed E-state index contributed by atoms with van der Waals surface area (Å²) >= 11 is 0. The number of sulfonamides is 1. The van der Waals surface area contributed by atoms with Gasteiger partial charge in [-0.3, -0.25) is 9.78 Å². The molecule has 2 heterocycles. The van der Waals surface area contributed by atoms with Crippen molar-refractivity contribution in [3.8, 4) is 0 Å². The average Bonchev–Trinajstić information content (AvgIpc) is 2.68. The van der Waals surface area contributed by atoms with Crippen molar-refractivity contribution in [2.75, 3.05) is 26.7 Å². The predicted molar refractivity (Wildman–Crippen MR) is 100 cm³/mol. The van der Waals surface area contributed by atoms with Crippen LogP contribution in [0, 0.1) is 5.92 Å². The number of nitrogens with zero attached hydrogens (tertiary/aromatic N) is 2. The van der Waals surface area contributed by atoms with Crippen LogP contribution in [0.25, 0.3) is 0 Å². The molecule has 0 amide bonds. The number of hydrogen-bond acceptors (Lipinski definition) is 6. The van der Waals surface area contributed by atoms with Crippen LogP contribution in [0.2, 0.25) is 0 Å². The monoisotopic (exact) mass is 403 g/mol. The van der Waals surface area contributed by atoms with Gasteiger partial charge in [0.2, 0.25) is 10.0 Å². The van der Waals surface area contributed by atoms with Crippen LogP contribution in [0.4, 0.5) is 0 Å². The van der Waals surface area contributed by atoms with Crippen LogP contribution in [0.15, 0.2) is 24.5 Å². The average molecular weight is 404 g/mol. The Labute approximate surface area is 161 Å². The molecule has 9 heteroatoms. The van der Waals surface area contributed by atoms with Gasteiger partial charge in [0.15, 0.2) is 0 Å². The zero-order valence-corrected chi connectivity index (χ0v) is 16.5. The Morgan fingerprint density at radius 2 is 2.12 bits per heavy atom. The molecule has 0 aromatic carbocycles. The molecule has 3 atom stereocenters. The number of nitrogens with one attached hydrogen (secondary N) is 1. The molecule has 0 spiro atoms. The van der Waals surface area contributed by atoms with E-state index in [4.69, 9.17) is 4.74 Å². The van der Waals surface area contributed by atoms with Crippen LogP contribution in [0.3, 0.4) is 0 Å². The van der Waals surface area contributed by atoms with Crippen molar-refractivity contribution in [2.24, 2.45) is 5.92 Å². The highest BCUT2D eigenvalue weighted by molar-refractivity contribution is 7.89. The molecule has 1 N–H and O–H groups in total. The molecule has 3 rings (SSSR count). The molecule has 0 radical (unpaired) electrons. The van der Waals surface area contributed by atoms with Gasteiger partial charge >= 0.3 is 5.97 Å². The van der Waals surface area contributed by atoms with Crippen molar-refractivity contribution in [2.45, 2.75) is 37.0 Å². The number of halogens is 1. The maximum Gasteiger partial charge on any atom is 0.310 e. The van der Waals surface area contributed by atoms with E-state index in [1.807, 2.05) is 12.1 Å². The Bertz CT molecular complexity index is 701. The summed E-state index contributed by atoms with van der Waals surface area (Å²) < 4.78 is 33.3. The lowest BCUT2D eigenvalue weighted by molar-refractivity contribution is -0.146. The maximum atomic E-state index is 13.4. The molecule has 0 bridgehead atoms. The number of rotatable bonds is 4. The lowest BCUT2D eigenvalue weighted by Gasteiger charge is -2.40. The van der Waals surface area contributed by atoms with Gasteiger partial charge in [0.05, 0.1) is 24.3 Å². The molecule has 26 heavy (non-hydrogen) atoms. The molecule has 146 valence electrons. The first-order valence-electron chi connectivity index (χ1n) is 8.75. The largest absolute Gasteiger partial charge is 0.469 e. The fraction of sp³-hybridized carbons (Fsp3) is 0.647. The number of hydrogen-bond donors (Lipinski definition) is 1. The fourth-order valence-electron chi connectivity index (χ4n) is 3.90. The van der Waals surface area contributed by atoms with Gasteiger partial charge in [-0.2, -0.15) is 4.31 Å². The molecular formula is C17H26ClN3O4S. The van der Waals surface area contributed by atoms with Crippen LogP contribution in [0.5, 0.6) is 0 Å². The van der Waals surface area contributed by atoms with Crippen molar-refractivity contribution >= 4 is 28.4 Å². The molecule has 1 aromatic rings. The third-order valence-electron chi connectivity index (χ3n) is 5.18. The van der Waals surface area contributed by atoms with Gasteiger partial charge in [-0.1, -0.05) is 18.9 Å². The fourth-order valence-corrected chi connectivity index (χ4v) is 6.27. The van der Waals surface area contributed by atoms with Gasteiger partial charge in [-0.05, 0) is 24.5 Å². The predicted octanol–water partition coefficient (Wildman–Crippen LogP) is 1.51. The van der Waals surface area contributed by atoms with E-state index in [1.54, 1.807) is 16.7 Å². The maximum absolute atomic E-state index is 13.4. The molecule has 2 fully saturated rings. The number of carbonyl (C=O) groups excluding carboxylic acids is 1. The molecule has 1 saturated heterocycles. The topological polar surface area (TPSA) is 88.6 Å². The quantitative estimate of drug-likeness (QED) is 0.766. The number of methoxy groups -OCH3 is 1. The first kappa shape index (κ1) is 21.1. The highest BCUT2D eigenvalue weighted by Crippen LogP contribution is 2.35. The minimum atomic E-state index is -3.62. The third kappa shape index (κ3) is 4.19. The number of aromatic nitrogens is 1. The van der Waals surface area contributed by atoms with Gasteiger partial charge in [0.25, 0.3) is 0 Å². The Hall–Kier alpha value is -1.22. The lowest BCUT2D eigenvalue weighted by atomic mass is 9.89. The molecule has 1 aliphatic carbocycles. The van der Waals surface area contributed by atoms with E-state index in [0.29, 0.717) is 32.5 Å². The second-order valence-electron chi connectivity index (χ2n) is 6.61. The van der Waals surface area contributed by atoms with Crippen LogP contribution in [0.1, 0.15) is 37.3 Å². The smallest absolute Gasteiger partial charge is 0.310 e. The summed E-state index contributed by atoms with van der Waals surface area (Å²) in [6.07, 6.45) is 6.14. The number of carbonyl (C=O) groups is 1. The van der Waals surface area contributed by atoms with Crippen LogP contribution in [-0.2, 0) is 19.6 Å². The number of esters is 1. The second kappa shape index (κ2) is 9.12. The summed E-state index contributed by atoms with van der Waals surface area (Å²) in [6.45, 7) is 1.54. The Balaban J connectivity index is 0.00000243.